The van der Waals surface area contributed by atoms with Gasteiger partial charge in [0.1, 0.15) is 5.01 Å². The maximum Gasteiger partial charge on any atom is 0.113 e. The van der Waals surface area contributed by atoms with E-state index in [1.165, 1.54) is 15.6 Å². The van der Waals surface area contributed by atoms with Crippen molar-refractivity contribution in [3.8, 4) is 0 Å². The Kier molecular flexibility index (Phi) is 5.14. The van der Waals surface area contributed by atoms with E-state index in [4.69, 9.17) is 4.98 Å². The van der Waals surface area contributed by atoms with Crippen molar-refractivity contribution in [1.82, 2.24) is 10.3 Å². The van der Waals surface area contributed by atoms with Crippen LogP contribution in [0.2, 0.25) is 0 Å². The SMILES string of the molecule is CCCNC(CC)(c1nc(C)c(C)s1)C(C)C. The van der Waals surface area contributed by atoms with E-state index in [1.807, 2.05) is 11.3 Å². The maximum atomic E-state index is 4.78. The molecule has 0 aliphatic carbocycles. The van der Waals surface area contributed by atoms with Crippen LogP contribution >= 0.6 is 11.3 Å². The molecule has 0 spiro atoms. The molecule has 17 heavy (non-hydrogen) atoms. The zero-order valence-electron chi connectivity index (χ0n) is 12.1. The molecule has 0 amide bonds. The van der Waals surface area contributed by atoms with Crippen molar-refractivity contribution in [1.29, 1.82) is 0 Å². The van der Waals surface area contributed by atoms with Gasteiger partial charge in [-0.05, 0) is 39.2 Å². The number of aromatic nitrogens is 1. The number of hydrogen-bond acceptors (Lipinski definition) is 3. The van der Waals surface area contributed by atoms with E-state index in [2.05, 4.69) is 46.9 Å². The van der Waals surface area contributed by atoms with Gasteiger partial charge in [0.25, 0.3) is 0 Å². The van der Waals surface area contributed by atoms with Crippen LogP contribution in [0.4, 0.5) is 0 Å². The van der Waals surface area contributed by atoms with Crippen LogP contribution in [0.25, 0.3) is 0 Å². The second-order valence-electron chi connectivity index (χ2n) is 5.07. The van der Waals surface area contributed by atoms with Gasteiger partial charge in [0.2, 0.25) is 0 Å². The van der Waals surface area contributed by atoms with Crippen LogP contribution in [0.3, 0.4) is 0 Å². The largest absolute Gasteiger partial charge is 0.305 e. The predicted octanol–water partition coefficient (Wildman–Crippen LogP) is 4.02. The van der Waals surface area contributed by atoms with Crippen molar-refractivity contribution in [2.45, 2.75) is 59.9 Å². The van der Waals surface area contributed by atoms with Crippen molar-refractivity contribution in [3.05, 3.63) is 15.6 Å². The zero-order valence-corrected chi connectivity index (χ0v) is 12.9. The van der Waals surface area contributed by atoms with Crippen LogP contribution in [-0.4, -0.2) is 11.5 Å². The molecule has 98 valence electrons. The van der Waals surface area contributed by atoms with Crippen LogP contribution in [0, 0.1) is 19.8 Å². The number of hydrogen-bond donors (Lipinski definition) is 1. The Morgan fingerprint density at radius 3 is 2.29 bits per heavy atom. The number of nitrogens with zero attached hydrogens (tertiary/aromatic N) is 1. The minimum Gasteiger partial charge on any atom is -0.305 e. The first kappa shape index (κ1) is 14.7. The topological polar surface area (TPSA) is 24.9 Å². The summed E-state index contributed by atoms with van der Waals surface area (Å²) in [7, 11) is 0. The van der Waals surface area contributed by atoms with Gasteiger partial charge in [0.15, 0.2) is 0 Å². The Morgan fingerprint density at radius 2 is 1.94 bits per heavy atom. The van der Waals surface area contributed by atoms with Crippen molar-refractivity contribution in [3.63, 3.8) is 0 Å². The lowest BCUT2D eigenvalue weighted by atomic mass is 9.84. The van der Waals surface area contributed by atoms with Crippen LogP contribution in [-0.2, 0) is 5.54 Å². The lowest BCUT2D eigenvalue weighted by molar-refractivity contribution is 0.228. The monoisotopic (exact) mass is 254 g/mol. The smallest absolute Gasteiger partial charge is 0.113 e. The zero-order chi connectivity index (χ0) is 13.1. The van der Waals surface area contributed by atoms with E-state index in [9.17, 15) is 0 Å². The molecule has 0 radical (unpaired) electrons. The maximum absolute atomic E-state index is 4.78. The van der Waals surface area contributed by atoms with E-state index in [1.54, 1.807) is 0 Å². The highest BCUT2D eigenvalue weighted by molar-refractivity contribution is 7.11. The second-order valence-corrected chi connectivity index (χ2v) is 6.27. The molecule has 1 rings (SSSR count). The van der Waals surface area contributed by atoms with Gasteiger partial charge in [-0.25, -0.2) is 4.98 Å². The molecule has 0 fully saturated rings. The van der Waals surface area contributed by atoms with Crippen molar-refractivity contribution < 1.29 is 0 Å². The molecule has 3 heteroatoms. The van der Waals surface area contributed by atoms with Crippen molar-refractivity contribution in [2.24, 2.45) is 5.92 Å². The van der Waals surface area contributed by atoms with Crippen LogP contribution in [0.5, 0.6) is 0 Å². The fraction of sp³-hybridized carbons (Fsp3) is 0.786. The molecule has 0 aromatic carbocycles. The molecule has 1 atom stereocenters. The highest BCUT2D eigenvalue weighted by Gasteiger charge is 2.36. The van der Waals surface area contributed by atoms with Gasteiger partial charge in [-0.2, -0.15) is 0 Å². The summed E-state index contributed by atoms with van der Waals surface area (Å²) in [6.07, 6.45) is 2.26. The fourth-order valence-electron chi connectivity index (χ4n) is 2.22. The molecule has 1 unspecified atom stereocenters. The quantitative estimate of drug-likeness (QED) is 0.829. The average molecular weight is 254 g/mol. The van der Waals surface area contributed by atoms with Gasteiger partial charge >= 0.3 is 0 Å². The number of aryl methyl sites for hydroxylation is 2. The highest BCUT2D eigenvalue weighted by Crippen LogP contribution is 2.36. The molecule has 0 bridgehead atoms. The molecule has 1 N–H and O–H groups in total. The second kappa shape index (κ2) is 5.96. The molecule has 0 saturated carbocycles. The number of nitrogens with one attached hydrogen (secondary N) is 1. The van der Waals surface area contributed by atoms with Crippen molar-refractivity contribution in [2.75, 3.05) is 6.54 Å². The normalized spacial score (nSPS) is 15.2. The molecule has 0 aliphatic heterocycles. The third kappa shape index (κ3) is 2.89. The van der Waals surface area contributed by atoms with Gasteiger partial charge < -0.3 is 5.32 Å². The third-order valence-corrected chi connectivity index (χ3v) is 4.89. The lowest BCUT2D eigenvalue weighted by Gasteiger charge is -2.36. The van der Waals surface area contributed by atoms with E-state index in [-0.39, 0.29) is 5.54 Å². The van der Waals surface area contributed by atoms with Gasteiger partial charge in [0, 0.05) is 4.88 Å². The Morgan fingerprint density at radius 1 is 1.29 bits per heavy atom. The Balaban J connectivity index is 3.11. The summed E-state index contributed by atoms with van der Waals surface area (Å²) in [4.78, 5) is 6.13. The summed E-state index contributed by atoms with van der Waals surface area (Å²) in [6, 6.07) is 0. The van der Waals surface area contributed by atoms with E-state index in [0.717, 1.165) is 19.4 Å². The highest BCUT2D eigenvalue weighted by atomic mass is 32.1. The number of rotatable bonds is 6. The fourth-order valence-corrected chi connectivity index (χ4v) is 3.52. The summed E-state index contributed by atoms with van der Waals surface area (Å²) in [5.74, 6) is 0.559. The molecule has 2 nitrogen and oxygen atoms in total. The summed E-state index contributed by atoms with van der Waals surface area (Å²) in [5.41, 5.74) is 1.24. The first-order valence-electron chi connectivity index (χ1n) is 6.67. The first-order chi connectivity index (χ1) is 7.97. The van der Waals surface area contributed by atoms with E-state index in [0.29, 0.717) is 5.92 Å². The van der Waals surface area contributed by atoms with Gasteiger partial charge in [-0.3, -0.25) is 0 Å². The van der Waals surface area contributed by atoms with Crippen molar-refractivity contribution >= 4 is 11.3 Å². The predicted molar refractivity (Wildman–Crippen MR) is 76.7 cm³/mol. The average Bonchev–Trinajstić information content (AvgIpc) is 2.61. The summed E-state index contributed by atoms with van der Waals surface area (Å²) < 4.78 is 0. The van der Waals surface area contributed by atoms with Crippen LogP contribution in [0.1, 0.15) is 56.1 Å². The Hall–Kier alpha value is -0.410. The summed E-state index contributed by atoms with van der Waals surface area (Å²) in [5, 5.41) is 5.00. The standard InChI is InChI=1S/C14H26N2S/c1-7-9-15-14(8-2,10(3)4)13-16-11(5)12(6)17-13/h10,15H,7-9H2,1-6H3. The number of thiazole rings is 1. The first-order valence-corrected chi connectivity index (χ1v) is 7.49. The van der Waals surface area contributed by atoms with Crippen LogP contribution in [0.15, 0.2) is 0 Å². The van der Waals surface area contributed by atoms with Gasteiger partial charge in [-0.15, -0.1) is 11.3 Å². The summed E-state index contributed by atoms with van der Waals surface area (Å²) >= 11 is 1.85. The van der Waals surface area contributed by atoms with Gasteiger partial charge in [-0.1, -0.05) is 27.7 Å². The molecule has 0 saturated heterocycles. The summed E-state index contributed by atoms with van der Waals surface area (Å²) in [6.45, 7) is 14.4. The molecule has 1 heterocycles. The minimum atomic E-state index is 0.0553. The van der Waals surface area contributed by atoms with Crippen LogP contribution < -0.4 is 5.32 Å². The minimum absolute atomic E-state index is 0.0553. The molecule has 1 aromatic rings. The molecular weight excluding hydrogens is 228 g/mol. The van der Waals surface area contributed by atoms with Gasteiger partial charge in [0.05, 0.1) is 11.2 Å². The van der Waals surface area contributed by atoms with E-state index < -0.39 is 0 Å². The third-order valence-electron chi connectivity index (χ3n) is 3.64. The Labute approximate surface area is 110 Å². The lowest BCUT2D eigenvalue weighted by Crippen LogP contribution is -2.46. The Bertz CT molecular complexity index is 338. The van der Waals surface area contributed by atoms with E-state index >= 15 is 0 Å². The molecular formula is C14H26N2S. The molecule has 0 aliphatic rings. The molecule has 1 aromatic heterocycles.